The van der Waals surface area contributed by atoms with Gasteiger partial charge in [-0.3, -0.25) is 0 Å². The summed E-state index contributed by atoms with van der Waals surface area (Å²) in [4.78, 5) is 13.4. The zero-order valence-electron chi connectivity index (χ0n) is 10.2. The Morgan fingerprint density at radius 1 is 1.22 bits per heavy atom. The molecule has 5 heteroatoms. The summed E-state index contributed by atoms with van der Waals surface area (Å²) in [5.74, 6) is 1.21. The van der Waals surface area contributed by atoms with Crippen LogP contribution in [0.2, 0.25) is 5.15 Å². The van der Waals surface area contributed by atoms with E-state index < -0.39 is 0 Å². The summed E-state index contributed by atoms with van der Waals surface area (Å²) < 4.78 is 0. The van der Waals surface area contributed by atoms with Crippen LogP contribution < -0.4 is 0 Å². The lowest BCUT2D eigenvalue weighted by atomic mass is 10.0. The van der Waals surface area contributed by atoms with E-state index in [9.17, 15) is 0 Å². The smallest absolute Gasteiger partial charge is 0.180 e. The third-order valence-electron chi connectivity index (χ3n) is 3.34. The van der Waals surface area contributed by atoms with Crippen molar-refractivity contribution in [1.29, 1.82) is 0 Å². The Morgan fingerprint density at radius 2 is 2.00 bits per heavy atom. The lowest BCUT2D eigenvalue weighted by Gasteiger charge is -2.09. The van der Waals surface area contributed by atoms with Crippen molar-refractivity contribution >= 4 is 22.9 Å². The maximum Gasteiger partial charge on any atom is 0.180 e. The standard InChI is InChI=1S/C13H14ClN3S/c1-8-15-11(7-18-8)13-16-10(6-12(14)17-13)9-4-2-3-5-9/h6-7,9H,2-5H2,1H3. The van der Waals surface area contributed by atoms with Crippen molar-refractivity contribution < 1.29 is 0 Å². The number of hydrogen-bond acceptors (Lipinski definition) is 4. The van der Waals surface area contributed by atoms with Crippen LogP contribution >= 0.6 is 22.9 Å². The maximum absolute atomic E-state index is 6.11. The normalized spacial score (nSPS) is 16.3. The molecule has 0 unspecified atom stereocenters. The van der Waals surface area contributed by atoms with Crippen molar-refractivity contribution in [2.45, 2.75) is 38.5 Å². The second-order valence-corrected chi connectivity index (χ2v) is 6.12. The number of aryl methyl sites for hydroxylation is 1. The third-order valence-corrected chi connectivity index (χ3v) is 4.30. The van der Waals surface area contributed by atoms with Gasteiger partial charge >= 0.3 is 0 Å². The molecule has 1 aliphatic carbocycles. The molecule has 2 aromatic rings. The molecule has 0 spiro atoms. The largest absolute Gasteiger partial charge is 0.238 e. The molecule has 2 aromatic heterocycles. The Kier molecular flexibility index (Phi) is 3.31. The zero-order valence-corrected chi connectivity index (χ0v) is 11.8. The van der Waals surface area contributed by atoms with E-state index in [1.807, 2.05) is 18.4 Å². The van der Waals surface area contributed by atoms with Crippen LogP contribution in [0.25, 0.3) is 11.5 Å². The molecule has 0 aliphatic heterocycles. The first-order chi connectivity index (χ1) is 8.72. The molecule has 0 saturated heterocycles. The quantitative estimate of drug-likeness (QED) is 0.773. The van der Waals surface area contributed by atoms with Gasteiger partial charge in [0.1, 0.15) is 10.8 Å². The fourth-order valence-electron chi connectivity index (χ4n) is 2.45. The monoisotopic (exact) mass is 279 g/mol. The van der Waals surface area contributed by atoms with Gasteiger partial charge in [0.25, 0.3) is 0 Å². The van der Waals surface area contributed by atoms with E-state index in [4.69, 9.17) is 11.6 Å². The highest BCUT2D eigenvalue weighted by molar-refractivity contribution is 7.09. The summed E-state index contributed by atoms with van der Waals surface area (Å²) in [5.41, 5.74) is 1.91. The molecule has 3 rings (SSSR count). The molecule has 18 heavy (non-hydrogen) atoms. The first kappa shape index (κ1) is 12.1. The average molecular weight is 280 g/mol. The molecule has 0 atom stereocenters. The molecule has 1 saturated carbocycles. The van der Waals surface area contributed by atoms with E-state index in [0.717, 1.165) is 16.4 Å². The van der Waals surface area contributed by atoms with Crippen molar-refractivity contribution in [2.75, 3.05) is 0 Å². The summed E-state index contributed by atoms with van der Waals surface area (Å²) in [6, 6.07) is 1.90. The molecule has 1 fully saturated rings. The van der Waals surface area contributed by atoms with E-state index >= 15 is 0 Å². The third kappa shape index (κ3) is 2.40. The lowest BCUT2D eigenvalue weighted by molar-refractivity contribution is 0.695. The number of halogens is 1. The number of aromatic nitrogens is 3. The van der Waals surface area contributed by atoms with Crippen molar-refractivity contribution in [3.8, 4) is 11.5 Å². The minimum Gasteiger partial charge on any atom is -0.238 e. The lowest BCUT2D eigenvalue weighted by Crippen LogP contribution is -2.00. The van der Waals surface area contributed by atoms with Crippen LogP contribution in [0.15, 0.2) is 11.4 Å². The summed E-state index contributed by atoms with van der Waals surface area (Å²) in [5, 5.41) is 3.53. The number of rotatable bonds is 2. The Hall–Kier alpha value is -1.00. The van der Waals surface area contributed by atoms with E-state index in [1.54, 1.807) is 11.3 Å². The average Bonchev–Trinajstić information content (AvgIpc) is 2.98. The fraction of sp³-hybridized carbons (Fsp3) is 0.462. The molecule has 0 bridgehead atoms. The number of hydrogen-bond donors (Lipinski definition) is 0. The van der Waals surface area contributed by atoms with Crippen molar-refractivity contribution in [2.24, 2.45) is 0 Å². The highest BCUT2D eigenvalue weighted by atomic mass is 35.5. The van der Waals surface area contributed by atoms with E-state index in [2.05, 4.69) is 15.0 Å². The Morgan fingerprint density at radius 3 is 2.67 bits per heavy atom. The second-order valence-electron chi connectivity index (χ2n) is 4.67. The van der Waals surface area contributed by atoms with Crippen molar-refractivity contribution in [3.05, 3.63) is 27.3 Å². The molecule has 1 aliphatic rings. The SMILES string of the molecule is Cc1nc(-c2nc(Cl)cc(C3CCCC3)n2)cs1. The van der Waals surface area contributed by atoms with Crippen LogP contribution in [0.1, 0.15) is 42.3 Å². The van der Waals surface area contributed by atoms with Gasteiger partial charge in [0, 0.05) is 17.0 Å². The Labute approximate surface area is 115 Å². The second kappa shape index (κ2) is 4.94. The molecular formula is C13H14ClN3S. The van der Waals surface area contributed by atoms with Gasteiger partial charge in [-0.25, -0.2) is 15.0 Å². The zero-order chi connectivity index (χ0) is 12.5. The topological polar surface area (TPSA) is 38.7 Å². The van der Waals surface area contributed by atoms with Gasteiger partial charge in [-0.05, 0) is 25.8 Å². The predicted octanol–water partition coefficient (Wildman–Crippen LogP) is 4.22. The Bertz CT molecular complexity index is 561. The van der Waals surface area contributed by atoms with E-state index in [0.29, 0.717) is 16.9 Å². The molecule has 2 heterocycles. The summed E-state index contributed by atoms with van der Waals surface area (Å²) in [6.45, 7) is 1.98. The molecular weight excluding hydrogens is 266 g/mol. The van der Waals surface area contributed by atoms with Gasteiger partial charge < -0.3 is 0 Å². The molecule has 0 amide bonds. The van der Waals surface area contributed by atoms with Crippen LogP contribution in [0, 0.1) is 6.92 Å². The van der Waals surface area contributed by atoms with Gasteiger partial charge in [-0.1, -0.05) is 24.4 Å². The first-order valence-corrected chi connectivity index (χ1v) is 7.45. The summed E-state index contributed by atoms with van der Waals surface area (Å²) in [7, 11) is 0. The first-order valence-electron chi connectivity index (χ1n) is 6.19. The van der Waals surface area contributed by atoms with E-state index in [-0.39, 0.29) is 0 Å². The molecule has 3 nitrogen and oxygen atoms in total. The molecule has 94 valence electrons. The molecule has 0 aromatic carbocycles. The Balaban J connectivity index is 1.99. The summed E-state index contributed by atoms with van der Waals surface area (Å²) >= 11 is 7.72. The van der Waals surface area contributed by atoms with Gasteiger partial charge in [0.15, 0.2) is 5.82 Å². The fourth-order valence-corrected chi connectivity index (χ4v) is 3.23. The minimum atomic E-state index is 0.521. The highest BCUT2D eigenvalue weighted by Crippen LogP contribution is 2.34. The van der Waals surface area contributed by atoms with Gasteiger partial charge in [0.05, 0.1) is 5.01 Å². The van der Waals surface area contributed by atoms with Crippen molar-refractivity contribution in [1.82, 2.24) is 15.0 Å². The van der Waals surface area contributed by atoms with Crippen LogP contribution in [0.5, 0.6) is 0 Å². The van der Waals surface area contributed by atoms with E-state index in [1.165, 1.54) is 25.7 Å². The minimum absolute atomic E-state index is 0.521. The predicted molar refractivity (Wildman–Crippen MR) is 74.1 cm³/mol. The summed E-state index contributed by atoms with van der Waals surface area (Å²) in [6.07, 6.45) is 5.00. The highest BCUT2D eigenvalue weighted by Gasteiger charge is 2.20. The maximum atomic E-state index is 6.11. The van der Waals surface area contributed by atoms with Gasteiger partial charge in [0.2, 0.25) is 0 Å². The van der Waals surface area contributed by atoms with Crippen LogP contribution in [0.3, 0.4) is 0 Å². The number of thiazole rings is 1. The van der Waals surface area contributed by atoms with Crippen LogP contribution in [0.4, 0.5) is 0 Å². The molecule has 0 radical (unpaired) electrons. The van der Waals surface area contributed by atoms with Crippen LogP contribution in [-0.2, 0) is 0 Å². The van der Waals surface area contributed by atoms with Crippen molar-refractivity contribution in [3.63, 3.8) is 0 Å². The van der Waals surface area contributed by atoms with Gasteiger partial charge in [-0.2, -0.15) is 0 Å². The number of nitrogens with zero attached hydrogens (tertiary/aromatic N) is 3. The van der Waals surface area contributed by atoms with Crippen LogP contribution in [-0.4, -0.2) is 15.0 Å². The van der Waals surface area contributed by atoms with Gasteiger partial charge in [-0.15, -0.1) is 11.3 Å². The molecule has 0 N–H and O–H groups in total.